The maximum absolute atomic E-state index is 13.5. The van der Waals surface area contributed by atoms with Crippen molar-refractivity contribution in [3.8, 4) is 0 Å². The Balaban J connectivity index is 0.764. The van der Waals surface area contributed by atoms with E-state index in [2.05, 4.69) is 38.5 Å². The smallest absolute Gasteiger partial charge is 0.256 e. The molecule has 60 heavy (non-hydrogen) atoms. The number of nitrogens with one attached hydrogen (secondary N) is 3. The zero-order valence-electron chi connectivity index (χ0n) is 33.7. The summed E-state index contributed by atoms with van der Waals surface area (Å²) in [5.41, 5.74) is 8.56. The molecule has 2 fully saturated rings. The zero-order chi connectivity index (χ0) is 41.5. The van der Waals surface area contributed by atoms with Crippen LogP contribution in [-0.2, 0) is 32.2 Å². The minimum absolute atomic E-state index is 0.0968. The molecule has 9 rings (SSSR count). The van der Waals surface area contributed by atoms with E-state index < -0.39 is 18.1 Å². The van der Waals surface area contributed by atoms with Gasteiger partial charge in [0, 0.05) is 88.1 Å². The highest BCUT2D eigenvalue weighted by Gasteiger charge is 2.40. The molecule has 5 aliphatic heterocycles. The summed E-state index contributed by atoms with van der Waals surface area (Å²) in [5, 5.41) is 5.45. The van der Waals surface area contributed by atoms with Gasteiger partial charge in [-0.15, -0.1) is 0 Å². The molecule has 0 aliphatic carbocycles. The topological polar surface area (TPSA) is 160 Å². The van der Waals surface area contributed by atoms with E-state index in [-0.39, 0.29) is 36.1 Å². The predicted molar refractivity (Wildman–Crippen MR) is 225 cm³/mol. The quantitative estimate of drug-likeness (QED) is 0.183. The Kier molecular flexibility index (Phi) is 10.7. The number of ether oxygens (including phenoxy) is 1. The molecule has 14 nitrogen and oxygen atoms in total. The number of hydrogen-bond donors (Lipinski definition) is 3. The standard InChI is InChI=1S/C46H48N8O6/c1-51(24-28-8-13-35-31(22-28)26-54(45(35)58)38-14-15-39(55)50-44(38)57)33-17-20-52(21-18-33)34-11-9-30(10-12-34)43(56)49-37-16-19-47-41(37)40-36-27-53(25-32(36)23-48-40)46(59)42(60-2)29-6-4-3-5-7-29/h3-13,16,19,22-23,33,38,40,42,47H,14-15,17-18,20-21,24-27H2,1-2H3,(H,49,56)(H,50,55,57)/t38?,40?,42-/m1/s1. The number of fused-ring (bicyclic) bond motifs is 1. The highest BCUT2D eigenvalue weighted by Crippen LogP contribution is 2.40. The van der Waals surface area contributed by atoms with Crippen molar-refractivity contribution in [3.05, 3.63) is 130 Å². The molecule has 6 heterocycles. The van der Waals surface area contributed by atoms with Gasteiger partial charge in [-0.1, -0.05) is 42.5 Å². The van der Waals surface area contributed by atoms with Crippen molar-refractivity contribution >= 4 is 47.1 Å². The molecule has 2 unspecified atom stereocenters. The maximum atomic E-state index is 13.5. The molecule has 5 amide bonds. The third kappa shape index (κ3) is 7.52. The van der Waals surface area contributed by atoms with E-state index >= 15 is 0 Å². The zero-order valence-corrected chi connectivity index (χ0v) is 33.7. The number of hydrogen-bond acceptors (Lipinski definition) is 9. The molecule has 0 radical (unpaired) electrons. The van der Waals surface area contributed by atoms with Crippen LogP contribution in [0.5, 0.6) is 0 Å². The van der Waals surface area contributed by atoms with Crippen LogP contribution in [0.4, 0.5) is 11.4 Å². The van der Waals surface area contributed by atoms with Crippen LogP contribution >= 0.6 is 0 Å². The molecule has 2 saturated heterocycles. The van der Waals surface area contributed by atoms with Crippen LogP contribution in [-0.4, -0.2) is 108 Å². The van der Waals surface area contributed by atoms with Gasteiger partial charge in [0.05, 0.1) is 11.4 Å². The minimum Gasteiger partial charge on any atom is -0.371 e. The average molecular weight is 809 g/mol. The molecular formula is C46H48N8O6. The first-order valence-corrected chi connectivity index (χ1v) is 20.6. The number of carbonyl (C=O) groups excluding carboxylic acids is 5. The number of aromatic amines is 1. The number of anilines is 2. The number of H-pyrrole nitrogens is 1. The number of methoxy groups -OCH3 is 1. The summed E-state index contributed by atoms with van der Waals surface area (Å²) in [5.74, 6) is -1.16. The second-order valence-corrected chi connectivity index (χ2v) is 16.3. The lowest BCUT2D eigenvalue weighted by molar-refractivity contribution is -0.141. The Bertz CT molecular complexity index is 2400. The Hall–Kier alpha value is -6.38. The van der Waals surface area contributed by atoms with Crippen LogP contribution in [0.1, 0.15) is 80.9 Å². The van der Waals surface area contributed by atoms with E-state index in [1.54, 1.807) is 23.1 Å². The number of carbonyl (C=O) groups is 5. The lowest BCUT2D eigenvalue weighted by Gasteiger charge is -2.38. The third-order valence-electron chi connectivity index (χ3n) is 12.6. The van der Waals surface area contributed by atoms with Crippen molar-refractivity contribution in [2.45, 2.75) is 63.0 Å². The van der Waals surface area contributed by atoms with Gasteiger partial charge in [0.25, 0.3) is 17.7 Å². The van der Waals surface area contributed by atoms with E-state index in [0.717, 1.165) is 71.7 Å². The van der Waals surface area contributed by atoms with E-state index in [1.165, 1.54) is 0 Å². The van der Waals surface area contributed by atoms with Crippen molar-refractivity contribution < 1.29 is 28.7 Å². The predicted octanol–water partition coefficient (Wildman–Crippen LogP) is 4.78. The molecule has 308 valence electrons. The van der Waals surface area contributed by atoms with Gasteiger partial charge in [-0.05, 0) is 90.5 Å². The van der Waals surface area contributed by atoms with Crippen LogP contribution < -0.4 is 15.5 Å². The van der Waals surface area contributed by atoms with E-state index in [9.17, 15) is 24.0 Å². The summed E-state index contributed by atoms with van der Waals surface area (Å²) >= 11 is 0. The van der Waals surface area contributed by atoms with Crippen molar-refractivity contribution in [2.75, 3.05) is 50.6 Å². The largest absolute Gasteiger partial charge is 0.371 e. The van der Waals surface area contributed by atoms with Gasteiger partial charge in [0.1, 0.15) is 12.1 Å². The van der Waals surface area contributed by atoms with Gasteiger partial charge in [-0.3, -0.25) is 39.2 Å². The Morgan fingerprint density at radius 3 is 2.48 bits per heavy atom. The first kappa shape index (κ1) is 39.1. The fourth-order valence-corrected chi connectivity index (χ4v) is 9.33. The molecule has 3 aromatic carbocycles. The summed E-state index contributed by atoms with van der Waals surface area (Å²) < 4.78 is 5.62. The third-order valence-corrected chi connectivity index (χ3v) is 12.6. The Morgan fingerprint density at radius 2 is 1.73 bits per heavy atom. The highest BCUT2D eigenvalue weighted by molar-refractivity contribution is 6.06. The Labute approximate surface area is 348 Å². The SMILES string of the molecule is CO[C@@H](C(=O)N1CC2=C(C1)C(c1[nH]ccc1NC(=O)c1ccc(N3CCC(N(C)Cc4ccc5c(c4)CN(C4CCC(=O)NC4=O)C5=O)CC3)cc1)N=C2)c1ccccc1. The molecule has 3 N–H and O–H groups in total. The van der Waals surface area contributed by atoms with Crippen molar-refractivity contribution in [3.63, 3.8) is 0 Å². The van der Waals surface area contributed by atoms with Crippen LogP contribution in [0, 0.1) is 0 Å². The highest BCUT2D eigenvalue weighted by atomic mass is 16.5. The molecule has 0 bridgehead atoms. The summed E-state index contributed by atoms with van der Waals surface area (Å²) in [4.78, 5) is 80.5. The van der Waals surface area contributed by atoms with Crippen molar-refractivity contribution in [1.29, 1.82) is 0 Å². The fourth-order valence-electron chi connectivity index (χ4n) is 9.33. The molecule has 14 heteroatoms. The van der Waals surface area contributed by atoms with Gasteiger partial charge in [-0.2, -0.15) is 0 Å². The second-order valence-electron chi connectivity index (χ2n) is 16.3. The molecule has 0 spiro atoms. The summed E-state index contributed by atoms with van der Waals surface area (Å²) in [6.07, 6.45) is 5.50. The minimum atomic E-state index is -0.686. The molecule has 1 aromatic heterocycles. The van der Waals surface area contributed by atoms with Gasteiger partial charge < -0.3 is 29.7 Å². The summed E-state index contributed by atoms with van der Waals surface area (Å²) in [6.45, 7) is 3.76. The van der Waals surface area contributed by atoms with Crippen LogP contribution in [0.15, 0.2) is 101 Å². The van der Waals surface area contributed by atoms with Crippen LogP contribution in [0.3, 0.4) is 0 Å². The number of piperidine rings is 2. The molecule has 4 aromatic rings. The number of aliphatic imine (C=N–C) groups is 1. The number of amides is 5. The first-order valence-electron chi connectivity index (χ1n) is 20.6. The normalized spacial score (nSPS) is 20.9. The van der Waals surface area contributed by atoms with Crippen LogP contribution in [0.2, 0.25) is 0 Å². The molecule has 0 saturated carbocycles. The fraction of sp³-hybridized carbons (Fsp3) is 0.348. The van der Waals surface area contributed by atoms with Crippen molar-refractivity contribution in [1.82, 2.24) is 25.0 Å². The Morgan fingerprint density at radius 1 is 0.950 bits per heavy atom. The number of rotatable bonds is 11. The first-order chi connectivity index (χ1) is 29.1. The summed E-state index contributed by atoms with van der Waals surface area (Å²) in [7, 11) is 3.69. The average Bonchev–Trinajstić information content (AvgIpc) is 4.06. The van der Waals surface area contributed by atoms with E-state index in [1.807, 2.05) is 79.0 Å². The monoisotopic (exact) mass is 808 g/mol. The lowest BCUT2D eigenvalue weighted by Crippen LogP contribution is -2.52. The van der Waals surface area contributed by atoms with Crippen LogP contribution in [0.25, 0.3) is 0 Å². The second kappa shape index (κ2) is 16.3. The lowest BCUT2D eigenvalue weighted by atomic mass is 10.0. The molecular weight excluding hydrogens is 761 g/mol. The maximum Gasteiger partial charge on any atom is 0.256 e. The van der Waals surface area contributed by atoms with E-state index in [0.29, 0.717) is 48.9 Å². The van der Waals surface area contributed by atoms with Gasteiger partial charge in [0.15, 0.2) is 6.10 Å². The number of imide groups is 1. The van der Waals surface area contributed by atoms with Gasteiger partial charge in [-0.25, -0.2) is 0 Å². The number of nitrogens with zero attached hydrogens (tertiary/aromatic N) is 5. The number of benzene rings is 3. The molecule has 5 aliphatic rings. The van der Waals surface area contributed by atoms with Gasteiger partial charge >= 0.3 is 0 Å². The molecule has 3 atom stereocenters. The van der Waals surface area contributed by atoms with E-state index in [4.69, 9.17) is 9.73 Å². The van der Waals surface area contributed by atoms with Crippen molar-refractivity contribution in [2.24, 2.45) is 4.99 Å². The summed E-state index contributed by atoms with van der Waals surface area (Å²) in [6, 6.07) is 24.5. The number of aromatic nitrogens is 1. The van der Waals surface area contributed by atoms with Gasteiger partial charge in [0.2, 0.25) is 11.8 Å².